The number of carbonyl (C=O) groups is 2. The summed E-state index contributed by atoms with van der Waals surface area (Å²) in [4.78, 5) is 37.6. The predicted octanol–water partition coefficient (Wildman–Crippen LogP) is 1.22. The topological polar surface area (TPSA) is 108 Å². The molecule has 0 bridgehead atoms. The zero-order chi connectivity index (χ0) is 17.6. The molecular formula is C15H14ClN5O3. The maximum atomic E-state index is 12.3. The van der Waals surface area contributed by atoms with Crippen molar-refractivity contribution in [2.45, 2.75) is 20.4 Å². The number of carbonyl (C=O) groups excluding carboxylic acids is 2. The van der Waals surface area contributed by atoms with Crippen LogP contribution in [0.4, 0.5) is 0 Å². The fourth-order valence-corrected chi connectivity index (χ4v) is 3.08. The minimum Gasteiger partial charge on any atom is -0.496 e. The summed E-state index contributed by atoms with van der Waals surface area (Å²) in [7, 11) is 1.56. The molecule has 24 heavy (non-hydrogen) atoms. The number of aryl methyl sites for hydroxylation is 1. The van der Waals surface area contributed by atoms with Crippen LogP contribution in [0.15, 0.2) is 16.2 Å². The van der Waals surface area contributed by atoms with Crippen LogP contribution >= 0.6 is 11.6 Å². The number of methoxy groups -OCH3 is 1. The molecule has 1 saturated heterocycles. The number of halogens is 1. The highest BCUT2D eigenvalue weighted by Crippen LogP contribution is 2.29. The summed E-state index contributed by atoms with van der Waals surface area (Å²) in [6.45, 7) is 3.74. The van der Waals surface area contributed by atoms with Crippen LogP contribution in [0.3, 0.4) is 0 Å². The normalized spacial score (nSPS) is 20.1. The van der Waals surface area contributed by atoms with E-state index in [1.54, 1.807) is 13.3 Å². The number of ether oxygens (including phenoxy) is 1. The average Bonchev–Trinajstić information content (AvgIpc) is 2.75. The second-order valence-electron chi connectivity index (χ2n) is 5.46. The fraction of sp³-hybridized carbons (Fsp3) is 0.333. The highest BCUT2D eigenvalue weighted by Gasteiger charge is 2.49. The van der Waals surface area contributed by atoms with E-state index in [0.717, 1.165) is 11.1 Å². The lowest BCUT2D eigenvalue weighted by molar-refractivity contribution is -0.140. The molecule has 0 saturated carbocycles. The Morgan fingerprint density at radius 2 is 2.04 bits per heavy atom. The number of hydrogen-bond acceptors (Lipinski definition) is 5. The molecule has 1 unspecified atom stereocenters. The Hall–Kier alpha value is -2.61. The minimum atomic E-state index is -1.03. The zero-order valence-electron chi connectivity index (χ0n) is 13.3. The third kappa shape index (κ3) is 2.39. The number of amidine groups is 1. The van der Waals surface area contributed by atoms with Crippen molar-refractivity contribution >= 4 is 40.3 Å². The number of nitrogens with zero attached hydrogens (tertiary/aromatic N) is 4. The van der Waals surface area contributed by atoms with Gasteiger partial charge in [-0.3, -0.25) is 24.9 Å². The molecule has 1 aromatic rings. The molecule has 0 radical (unpaired) electrons. The van der Waals surface area contributed by atoms with Gasteiger partial charge in [-0.2, -0.15) is 4.99 Å². The highest BCUT2D eigenvalue weighted by molar-refractivity contribution is 6.74. The zero-order valence-corrected chi connectivity index (χ0v) is 14.0. The summed E-state index contributed by atoms with van der Waals surface area (Å²) >= 11 is 5.93. The number of ketones is 1. The van der Waals surface area contributed by atoms with Crippen LogP contribution in [0.25, 0.3) is 0 Å². The van der Waals surface area contributed by atoms with Crippen LogP contribution in [-0.4, -0.2) is 45.7 Å². The van der Waals surface area contributed by atoms with Gasteiger partial charge in [0.05, 0.1) is 19.3 Å². The Morgan fingerprint density at radius 1 is 1.33 bits per heavy atom. The number of likely N-dealkylation sites (tertiary alicyclic amines) is 1. The molecule has 8 nitrogen and oxygen atoms in total. The minimum absolute atomic E-state index is 0.0415. The van der Waals surface area contributed by atoms with Crippen molar-refractivity contribution in [3.8, 4) is 5.75 Å². The summed E-state index contributed by atoms with van der Waals surface area (Å²) in [6.07, 6.45) is 1.64. The number of Topliss-reactive ketones (excluding diaryl/α,β-unsaturated/α-hetero) is 1. The van der Waals surface area contributed by atoms with Crippen LogP contribution in [0, 0.1) is 25.2 Å². The smallest absolute Gasteiger partial charge is 0.296 e. The molecule has 3 rings (SSSR count). The number of rotatable bonds is 3. The van der Waals surface area contributed by atoms with E-state index < -0.39 is 17.6 Å². The van der Waals surface area contributed by atoms with Crippen LogP contribution in [0.2, 0.25) is 0 Å². The van der Waals surface area contributed by atoms with Gasteiger partial charge in [-0.25, -0.2) is 4.99 Å². The van der Waals surface area contributed by atoms with E-state index >= 15 is 0 Å². The van der Waals surface area contributed by atoms with Crippen molar-refractivity contribution in [3.05, 3.63) is 23.0 Å². The van der Waals surface area contributed by atoms with Crippen LogP contribution in [0.1, 0.15) is 16.8 Å². The molecule has 1 fully saturated rings. The van der Waals surface area contributed by atoms with Gasteiger partial charge in [0.2, 0.25) is 11.7 Å². The summed E-state index contributed by atoms with van der Waals surface area (Å²) < 4.78 is 5.35. The first-order valence-corrected chi connectivity index (χ1v) is 7.49. The van der Waals surface area contributed by atoms with Gasteiger partial charge in [0, 0.05) is 17.3 Å². The van der Waals surface area contributed by atoms with Crippen molar-refractivity contribution in [3.63, 3.8) is 0 Å². The number of nitrogens with one attached hydrogen (secondary N) is 1. The van der Waals surface area contributed by atoms with E-state index in [1.807, 2.05) is 13.8 Å². The van der Waals surface area contributed by atoms with E-state index in [1.165, 1.54) is 4.90 Å². The number of aromatic nitrogens is 1. The van der Waals surface area contributed by atoms with Crippen molar-refractivity contribution in [1.82, 2.24) is 9.88 Å². The molecule has 124 valence electrons. The van der Waals surface area contributed by atoms with E-state index in [9.17, 15) is 9.59 Å². The quantitative estimate of drug-likeness (QED) is 0.829. The Labute approximate surface area is 142 Å². The largest absolute Gasteiger partial charge is 0.496 e. The first kappa shape index (κ1) is 16.3. The summed E-state index contributed by atoms with van der Waals surface area (Å²) in [6, 6.07) is 0. The third-order valence-electron chi connectivity index (χ3n) is 3.98. The molecule has 0 aliphatic carbocycles. The molecule has 1 atom stereocenters. The van der Waals surface area contributed by atoms with Gasteiger partial charge in [-0.05, 0) is 13.8 Å². The molecule has 1 amide bonds. The van der Waals surface area contributed by atoms with Crippen molar-refractivity contribution in [2.24, 2.45) is 15.9 Å². The molecule has 1 aromatic heterocycles. The predicted molar refractivity (Wildman–Crippen MR) is 87.8 cm³/mol. The summed E-state index contributed by atoms with van der Waals surface area (Å²) in [5, 5.41) is 7.45. The Kier molecular flexibility index (Phi) is 3.92. The van der Waals surface area contributed by atoms with Crippen LogP contribution < -0.4 is 4.74 Å². The first-order chi connectivity index (χ1) is 11.3. The fourth-order valence-electron chi connectivity index (χ4n) is 2.81. The number of pyridine rings is 1. The number of aliphatic imine (C=N–C) groups is 2. The Balaban J connectivity index is 2.01. The van der Waals surface area contributed by atoms with E-state index in [2.05, 4.69) is 15.0 Å². The van der Waals surface area contributed by atoms with Crippen molar-refractivity contribution in [1.29, 1.82) is 5.41 Å². The molecule has 9 heteroatoms. The maximum Gasteiger partial charge on any atom is 0.296 e. The van der Waals surface area contributed by atoms with Crippen LogP contribution in [0.5, 0.6) is 5.75 Å². The number of amides is 1. The van der Waals surface area contributed by atoms with Gasteiger partial charge in [0.25, 0.3) is 5.91 Å². The molecule has 0 spiro atoms. The average molecular weight is 348 g/mol. The third-order valence-corrected chi connectivity index (χ3v) is 4.28. The van der Waals surface area contributed by atoms with Crippen LogP contribution in [-0.2, 0) is 16.1 Å². The Bertz CT molecular complexity index is 846. The standard InChI is InChI=1S/C15H14ClN5O3/c1-6-4-18-8(7(2)11(6)24-3)5-21-13-9(10(22)14(21)23)12(16)19-15(17)20-13/h4,9,17H,5H2,1-3H3. The lowest BCUT2D eigenvalue weighted by Gasteiger charge is -2.21. The number of fused-ring (bicyclic) bond motifs is 1. The molecule has 2 aliphatic heterocycles. The molecule has 0 aromatic carbocycles. The van der Waals surface area contributed by atoms with E-state index in [0.29, 0.717) is 11.4 Å². The van der Waals surface area contributed by atoms with Gasteiger partial charge in [0.15, 0.2) is 0 Å². The number of guanidine groups is 1. The molecule has 3 heterocycles. The second-order valence-corrected chi connectivity index (χ2v) is 5.85. The Morgan fingerprint density at radius 3 is 2.71 bits per heavy atom. The lowest BCUT2D eigenvalue weighted by Crippen LogP contribution is -2.34. The van der Waals surface area contributed by atoms with E-state index in [-0.39, 0.29) is 23.5 Å². The van der Waals surface area contributed by atoms with Crippen molar-refractivity contribution < 1.29 is 14.3 Å². The summed E-state index contributed by atoms with van der Waals surface area (Å²) in [5.74, 6) is -2.01. The van der Waals surface area contributed by atoms with Gasteiger partial charge in [-0.1, -0.05) is 11.6 Å². The molecular weight excluding hydrogens is 334 g/mol. The maximum absolute atomic E-state index is 12.3. The SMILES string of the molecule is COc1c(C)cnc(CN2C(=O)C(=O)C3C(Cl)=NC(=N)N=C32)c1C. The first-order valence-electron chi connectivity index (χ1n) is 7.11. The number of hydrogen-bond donors (Lipinski definition) is 1. The highest BCUT2D eigenvalue weighted by atomic mass is 35.5. The van der Waals surface area contributed by atoms with Gasteiger partial charge in [0.1, 0.15) is 22.7 Å². The monoisotopic (exact) mass is 347 g/mol. The second kappa shape index (κ2) is 5.79. The van der Waals surface area contributed by atoms with Gasteiger partial charge < -0.3 is 4.74 Å². The van der Waals surface area contributed by atoms with Crippen molar-refractivity contribution in [2.75, 3.05) is 7.11 Å². The lowest BCUT2D eigenvalue weighted by atomic mass is 10.1. The summed E-state index contributed by atoms with van der Waals surface area (Å²) in [5.41, 5.74) is 2.21. The van der Waals surface area contributed by atoms with E-state index in [4.69, 9.17) is 21.7 Å². The molecule has 2 aliphatic rings. The van der Waals surface area contributed by atoms with Gasteiger partial charge in [-0.15, -0.1) is 0 Å². The van der Waals surface area contributed by atoms with Gasteiger partial charge >= 0.3 is 0 Å². The molecule has 1 N–H and O–H groups in total.